The Kier molecular flexibility index (Phi) is 4.89. The van der Waals surface area contributed by atoms with Crippen molar-refractivity contribution in [1.29, 1.82) is 0 Å². The van der Waals surface area contributed by atoms with Gasteiger partial charge in [-0.15, -0.1) is 0 Å². The average molecular weight is 287 g/mol. The first-order valence-corrected chi connectivity index (χ1v) is 5.86. The number of hydrogen-bond acceptors (Lipinski definition) is 3. The number of aliphatic hydroxyl groups excluding tert-OH is 1. The van der Waals surface area contributed by atoms with Crippen LogP contribution in [0.25, 0.3) is 0 Å². The van der Waals surface area contributed by atoms with Crippen molar-refractivity contribution in [2.24, 2.45) is 5.92 Å². The van der Waals surface area contributed by atoms with Gasteiger partial charge in [0.05, 0.1) is 5.56 Å². The van der Waals surface area contributed by atoms with E-state index in [0.29, 0.717) is 16.7 Å². The topological polar surface area (TPSA) is 62.2 Å². The normalized spacial score (nSPS) is 12.2. The summed E-state index contributed by atoms with van der Waals surface area (Å²) in [5.41, 5.74) is 1.36. The van der Waals surface area contributed by atoms with Gasteiger partial charge in [0, 0.05) is 18.8 Å². The largest absolute Gasteiger partial charge is 0.396 e. The van der Waals surface area contributed by atoms with Crippen molar-refractivity contribution >= 4 is 21.8 Å². The van der Waals surface area contributed by atoms with E-state index in [1.807, 2.05) is 13.8 Å². The number of nitrogens with one attached hydrogen (secondary N) is 1. The van der Waals surface area contributed by atoms with Crippen LogP contribution in [0, 0.1) is 12.8 Å². The number of halogens is 1. The van der Waals surface area contributed by atoms with Crippen LogP contribution in [-0.2, 0) is 0 Å². The summed E-state index contributed by atoms with van der Waals surface area (Å²) in [5.74, 6) is -0.124. The monoisotopic (exact) mass is 286 g/mol. The highest BCUT2D eigenvalue weighted by molar-refractivity contribution is 9.10. The van der Waals surface area contributed by atoms with Crippen LogP contribution in [0.2, 0.25) is 0 Å². The maximum atomic E-state index is 11.7. The summed E-state index contributed by atoms with van der Waals surface area (Å²) < 4.78 is 0.543. The minimum Gasteiger partial charge on any atom is -0.396 e. The van der Waals surface area contributed by atoms with Crippen LogP contribution in [0.4, 0.5) is 0 Å². The third-order valence-corrected chi connectivity index (χ3v) is 2.76. The molecule has 1 rings (SSSR count). The highest BCUT2D eigenvalue weighted by Crippen LogP contribution is 2.14. The second kappa shape index (κ2) is 5.96. The van der Waals surface area contributed by atoms with Gasteiger partial charge in [0.2, 0.25) is 0 Å². The van der Waals surface area contributed by atoms with E-state index in [9.17, 15) is 4.79 Å². The molecule has 0 bridgehead atoms. The van der Waals surface area contributed by atoms with Crippen LogP contribution in [0.3, 0.4) is 0 Å². The fourth-order valence-corrected chi connectivity index (χ4v) is 1.71. The summed E-state index contributed by atoms with van der Waals surface area (Å²) in [6, 6.07) is 3.51. The first-order valence-electron chi connectivity index (χ1n) is 5.06. The Hall–Kier alpha value is -0.940. The van der Waals surface area contributed by atoms with E-state index in [1.165, 1.54) is 0 Å². The fraction of sp³-hybridized carbons (Fsp3) is 0.455. The smallest absolute Gasteiger partial charge is 0.254 e. The van der Waals surface area contributed by atoms with Crippen LogP contribution in [0.1, 0.15) is 23.0 Å². The van der Waals surface area contributed by atoms with Crippen molar-refractivity contribution in [2.75, 3.05) is 13.2 Å². The molecule has 0 spiro atoms. The highest BCUT2D eigenvalue weighted by Gasteiger charge is 2.11. The highest BCUT2D eigenvalue weighted by atomic mass is 79.9. The molecule has 0 aliphatic rings. The number of hydrogen-bond donors (Lipinski definition) is 2. The molecule has 1 aromatic heterocycles. The molecule has 1 amide bonds. The minimum atomic E-state index is -0.181. The molecule has 4 nitrogen and oxygen atoms in total. The summed E-state index contributed by atoms with van der Waals surface area (Å²) in [5, 5.41) is 11.6. The predicted octanol–water partition coefficient (Wildman–Crippen LogP) is 1.51. The van der Waals surface area contributed by atoms with Crippen LogP contribution < -0.4 is 5.32 Å². The zero-order valence-corrected chi connectivity index (χ0v) is 10.9. The molecule has 1 heterocycles. The zero-order valence-electron chi connectivity index (χ0n) is 9.33. The fourth-order valence-electron chi connectivity index (χ4n) is 1.12. The quantitative estimate of drug-likeness (QED) is 0.825. The molecule has 0 aromatic carbocycles. The first kappa shape index (κ1) is 13.1. The number of aromatic nitrogens is 1. The Morgan fingerprint density at radius 1 is 1.62 bits per heavy atom. The number of carbonyl (C=O) groups excluding carboxylic acids is 1. The molecule has 1 aromatic rings. The van der Waals surface area contributed by atoms with E-state index in [2.05, 4.69) is 26.2 Å². The third-order valence-electron chi connectivity index (χ3n) is 2.16. The molecule has 2 N–H and O–H groups in total. The number of aryl methyl sites for hydroxylation is 1. The van der Waals surface area contributed by atoms with Gasteiger partial charge in [-0.25, -0.2) is 4.98 Å². The number of aliphatic hydroxyl groups is 1. The van der Waals surface area contributed by atoms with Gasteiger partial charge in [-0.1, -0.05) is 6.92 Å². The molecule has 0 fully saturated rings. The SMILES string of the molecule is Cc1ccc(C(=O)NCC(C)CO)c(Br)n1. The van der Waals surface area contributed by atoms with E-state index >= 15 is 0 Å². The molecule has 0 saturated carbocycles. The first-order chi connectivity index (χ1) is 7.54. The molecule has 0 radical (unpaired) electrons. The lowest BCUT2D eigenvalue weighted by Gasteiger charge is -2.10. The molecular weight excluding hydrogens is 272 g/mol. The van der Waals surface area contributed by atoms with Gasteiger partial charge in [-0.2, -0.15) is 0 Å². The molecule has 0 saturated heterocycles. The van der Waals surface area contributed by atoms with Crippen molar-refractivity contribution in [2.45, 2.75) is 13.8 Å². The number of nitrogens with zero attached hydrogens (tertiary/aromatic N) is 1. The Bertz CT molecular complexity index is 382. The Labute approximate surface area is 103 Å². The summed E-state index contributed by atoms with van der Waals surface area (Å²) in [4.78, 5) is 15.9. The summed E-state index contributed by atoms with van der Waals surface area (Å²) in [6.07, 6.45) is 0. The molecule has 88 valence electrons. The van der Waals surface area contributed by atoms with Crippen molar-refractivity contribution in [1.82, 2.24) is 10.3 Å². The van der Waals surface area contributed by atoms with Crippen LogP contribution in [-0.4, -0.2) is 29.1 Å². The maximum Gasteiger partial charge on any atom is 0.254 e. The van der Waals surface area contributed by atoms with Crippen molar-refractivity contribution in [3.63, 3.8) is 0 Å². The second-order valence-corrected chi connectivity index (χ2v) is 4.54. The average Bonchev–Trinajstić information content (AvgIpc) is 2.25. The molecule has 0 aliphatic carbocycles. The van der Waals surface area contributed by atoms with Crippen molar-refractivity contribution < 1.29 is 9.90 Å². The Morgan fingerprint density at radius 2 is 2.31 bits per heavy atom. The molecule has 1 atom stereocenters. The summed E-state index contributed by atoms with van der Waals surface area (Å²) >= 11 is 3.25. The summed E-state index contributed by atoms with van der Waals surface area (Å²) in [6.45, 7) is 4.24. The zero-order chi connectivity index (χ0) is 12.1. The molecule has 5 heteroatoms. The van der Waals surface area contributed by atoms with Gasteiger partial charge in [0.1, 0.15) is 4.60 Å². The predicted molar refractivity (Wildman–Crippen MR) is 65.3 cm³/mol. The standard InChI is InChI=1S/C11H15BrN2O2/c1-7(6-15)5-13-11(16)9-4-3-8(2)14-10(9)12/h3-4,7,15H,5-6H2,1-2H3,(H,13,16). The van der Waals surface area contributed by atoms with Gasteiger partial charge in [0.25, 0.3) is 5.91 Å². The van der Waals surface area contributed by atoms with Gasteiger partial charge in [0.15, 0.2) is 0 Å². The van der Waals surface area contributed by atoms with Gasteiger partial charge in [-0.05, 0) is 40.9 Å². The lowest BCUT2D eigenvalue weighted by molar-refractivity contribution is 0.0941. The third kappa shape index (κ3) is 3.57. The van der Waals surface area contributed by atoms with Crippen LogP contribution in [0.5, 0.6) is 0 Å². The molecular formula is C11H15BrN2O2. The minimum absolute atomic E-state index is 0.0566. The van der Waals surface area contributed by atoms with Crippen LogP contribution in [0.15, 0.2) is 16.7 Å². The van der Waals surface area contributed by atoms with E-state index < -0.39 is 0 Å². The number of amides is 1. The Morgan fingerprint density at radius 3 is 2.88 bits per heavy atom. The van der Waals surface area contributed by atoms with Gasteiger partial charge < -0.3 is 10.4 Å². The number of pyridine rings is 1. The molecule has 16 heavy (non-hydrogen) atoms. The van der Waals surface area contributed by atoms with Gasteiger partial charge >= 0.3 is 0 Å². The maximum absolute atomic E-state index is 11.7. The second-order valence-electron chi connectivity index (χ2n) is 3.79. The van der Waals surface area contributed by atoms with E-state index in [0.717, 1.165) is 5.69 Å². The van der Waals surface area contributed by atoms with Crippen molar-refractivity contribution in [3.8, 4) is 0 Å². The van der Waals surface area contributed by atoms with Gasteiger partial charge in [-0.3, -0.25) is 4.79 Å². The van der Waals surface area contributed by atoms with E-state index in [1.54, 1.807) is 12.1 Å². The Balaban J connectivity index is 2.66. The van der Waals surface area contributed by atoms with Crippen LogP contribution >= 0.6 is 15.9 Å². The number of carbonyl (C=O) groups is 1. The van der Waals surface area contributed by atoms with E-state index in [4.69, 9.17) is 5.11 Å². The van der Waals surface area contributed by atoms with E-state index in [-0.39, 0.29) is 18.4 Å². The van der Waals surface area contributed by atoms with Crippen molar-refractivity contribution in [3.05, 3.63) is 28.0 Å². The summed E-state index contributed by atoms with van der Waals surface area (Å²) in [7, 11) is 0. The number of rotatable bonds is 4. The lowest BCUT2D eigenvalue weighted by atomic mass is 10.2. The molecule has 1 unspecified atom stereocenters. The lowest BCUT2D eigenvalue weighted by Crippen LogP contribution is -2.29. The molecule has 0 aliphatic heterocycles.